The summed E-state index contributed by atoms with van der Waals surface area (Å²) < 4.78 is 15.7. The molecule has 1 aliphatic heterocycles. The van der Waals surface area contributed by atoms with E-state index in [1.54, 1.807) is 25.3 Å². The molecule has 1 heterocycles. The molecule has 2 aromatic carbocycles. The average Bonchev–Trinajstić information content (AvgIpc) is 2.78. The van der Waals surface area contributed by atoms with Gasteiger partial charge in [0.2, 0.25) is 0 Å². The predicted molar refractivity (Wildman–Crippen MR) is 116 cm³/mol. The molecule has 2 N–H and O–H groups in total. The zero-order valence-electron chi connectivity index (χ0n) is 18.1. The Balaban J connectivity index is 1.96. The van der Waals surface area contributed by atoms with Crippen molar-refractivity contribution in [3.05, 3.63) is 70.9 Å². The van der Waals surface area contributed by atoms with Gasteiger partial charge in [0.15, 0.2) is 11.5 Å². The van der Waals surface area contributed by atoms with Gasteiger partial charge in [-0.1, -0.05) is 36.4 Å². The molecule has 0 radical (unpaired) electrons. The standard InChI is InChI=1S/C23H27N3O5/c1-26(13-15-8-6-5-7-9-15)14-17-20(22(27)31-4)21(25-23(28)24-17)16-10-11-18(29-2)19(12-16)30-3/h5-12,21H,13-14H2,1-4H3,(H2,24,25,28). The number of carbonyl (C=O) groups excluding carboxylic acids is 2. The second-order valence-corrected chi connectivity index (χ2v) is 7.19. The second kappa shape index (κ2) is 9.99. The monoisotopic (exact) mass is 425 g/mol. The molecule has 0 aliphatic carbocycles. The van der Waals surface area contributed by atoms with Gasteiger partial charge in [-0.25, -0.2) is 9.59 Å². The first-order valence-electron chi connectivity index (χ1n) is 9.80. The Kier molecular flexibility index (Phi) is 7.15. The number of likely N-dealkylation sites (N-methyl/N-ethyl adjacent to an activating group) is 1. The summed E-state index contributed by atoms with van der Waals surface area (Å²) in [6, 6.07) is 14.1. The van der Waals surface area contributed by atoms with Gasteiger partial charge in [0.25, 0.3) is 0 Å². The maximum absolute atomic E-state index is 12.7. The van der Waals surface area contributed by atoms with Crippen LogP contribution in [0, 0.1) is 0 Å². The van der Waals surface area contributed by atoms with E-state index in [4.69, 9.17) is 14.2 Å². The Morgan fingerprint density at radius 3 is 2.35 bits per heavy atom. The molecule has 1 atom stereocenters. The van der Waals surface area contributed by atoms with Crippen molar-refractivity contribution in [2.45, 2.75) is 12.6 Å². The highest BCUT2D eigenvalue weighted by molar-refractivity contribution is 5.95. The van der Waals surface area contributed by atoms with Crippen LogP contribution in [0.15, 0.2) is 59.8 Å². The maximum Gasteiger partial charge on any atom is 0.338 e. The average molecular weight is 425 g/mol. The van der Waals surface area contributed by atoms with Gasteiger partial charge in [0.05, 0.1) is 32.9 Å². The molecule has 0 fully saturated rings. The molecular weight excluding hydrogens is 398 g/mol. The van der Waals surface area contributed by atoms with E-state index < -0.39 is 18.0 Å². The lowest BCUT2D eigenvalue weighted by atomic mass is 9.94. The Labute approximate surface area is 181 Å². The van der Waals surface area contributed by atoms with E-state index in [1.165, 1.54) is 14.2 Å². The van der Waals surface area contributed by atoms with Crippen LogP contribution >= 0.6 is 0 Å². The molecule has 0 saturated heterocycles. The summed E-state index contributed by atoms with van der Waals surface area (Å²) in [6.45, 7) is 1.01. The van der Waals surface area contributed by atoms with Gasteiger partial charge in [-0.15, -0.1) is 0 Å². The lowest BCUT2D eigenvalue weighted by Gasteiger charge is -2.31. The Bertz CT molecular complexity index is 974. The minimum absolute atomic E-state index is 0.342. The number of carbonyl (C=O) groups is 2. The summed E-state index contributed by atoms with van der Waals surface area (Å²) in [6.07, 6.45) is 0. The van der Waals surface area contributed by atoms with Gasteiger partial charge in [-0.2, -0.15) is 0 Å². The molecule has 1 aliphatic rings. The lowest BCUT2D eigenvalue weighted by Crippen LogP contribution is -2.48. The minimum Gasteiger partial charge on any atom is -0.493 e. The predicted octanol–water partition coefficient (Wildman–Crippen LogP) is 2.62. The van der Waals surface area contributed by atoms with Crippen molar-refractivity contribution in [3.63, 3.8) is 0 Å². The van der Waals surface area contributed by atoms with E-state index in [-0.39, 0.29) is 0 Å². The fourth-order valence-corrected chi connectivity index (χ4v) is 3.60. The van der Waals surface area contributed by atoms with Crippen molar-refractivity contribution in [1.82, 2.24) is 15.5 Å². The highest BCUT2D eigenvalue weighted by Crippen LogP contribution is 2.34. The van der Waals surface area contributed by atoms with E-state index in [9.17, 15) is 9.59 Å². The Morgan fingerprint density at radius 1 is 1.00 bits per heavy atom. The molecule has 0 saturated carbocycles. The third-order valence-electron chi connectivity index (χ3n) is 5.02. The molecule has 3 rings (SSSR count). The quantitative estimate of drug-likeness (QED) is 0.632. The number of hydrogen-bond acceptors (Lipinski definition) is 6. The fourth-order valence-electron chi connectivity index (χ4n) is 3.60. The molecule has 0 spiro atoms. The number of methoxy groups -OCH3 is 3. The number of benzene rings is 2. The van der Waals surface area contributed by atoms with Crippen LogP contribution in [0.3, 0.4) is 0 Å². The van der Waals surface area contributed by atoms with Gasteiger partial charge < -0.3 is 24.8 Å². The van der Waals surface area contributed by atoms with Gasteiger partial charge in [-0.3, -0.25) is 4.90 Å². The summed E-state index contributed by atoms with van der Waals surface area (Å²) in [5, 5.41) is 5.60. The Hall–Kier alpha value is -3.52. The smallest absolute Gasteiger partial charge is 0.338 e. The summed E-state index contributed by atoms with van der Waals surface area (Å²) in [5.74, 6) is 0.535. The van der Waals surface area contributed by atoms with Crippen molar-refractivity contribution >= 4 is 12.0 Å². The SMILES string of the molecule is COC(=O)C1=C(CN(C)Cc2ccccc2)NC(=O)NC1c1ccc(OC)c(OC)c1. The molecule has 8 heteroatoms. The number of amides is 2. The maximum atomic E-state index is 12.7. The zero-order valence-corrected chi connectivity index (χ0v) is 18.1. The zero-order chi connectivity index (χ0) is 22.4. The highest BCUT2D eigenvalue weighted by atomic mass is 16.5. The molecule has 0 aromatic heterocycles. The summed E-state index contributed by atoms with van der Waals surface area (Å²) in [7, 11) is 6.32. The summed E-state index contributed by atoms with van der Waals surface area (Å²) in [4.78, 5) is 27.2. The van der Waals surface area contributed by atoms with Crippen LogP contribution in [0.1, 0.15) is 17.2 Å². The molecule has 8 nitrogen and oxygen atoms in total. The topological polar surface area (TPSA) is 89.1 Å². The molecule has 2 aromatic rings. The van der Waals surface area contributed by atoms with Gasteiger partial charge in [0.1, 0.15) is 0 Å². The highest BCUT2D eigenvalue weighted by Gasteiger charge is 2.34. The number of nitrogens with zero attached hydrogens (tertiary/aromatic N) is 1. The number of nitrogens with one attached hydrogen (secondary N) is 2. The summed E-state index contributed by atoms with van der Waals surface area (Å²) >= 11 is 0. The molecule has 1 unspecified atom stereocenters. The van der Waals surface area contributed by atoms with Crippen LogP contribution in [-0.2, 0) is 16.1 Å². The first-order chi connectivity index (χ1) is 15.0. The number of hydrogen-bond donors (Lipinski definition) is 2. The minimum atomic E-state index is -0.693. The largest absolute Gasteiger partial charge is 0.493 e. The number of rotatable bonds is 8. The Morgan fingerprint density at radius 2 is 1.71 bits per heavy atom. The van der Waals surface area contributed by atoms with Crippen LogP contribution in [0.25, 0.3) is 0 Å². The first kappa shape index (κ1) is 22.2. The van der Waals surface area contributed by atoms with Gasteiger partial charge in [0, 0.05) is 18.8 Å². The van der Waals surface area contributed by atoms with Crippen LogP contribution in [0.5, 0.6) is 11.5 Å². The van der Waals surface area contributed by atoms with E-state index in [0.29, 0.717) is 41.4 Å². The third kappa shape index (κ3) is 5.16. The van der Waals surface area contributed by atoms with E-state index in [1.807, 2.05) is 42.3 Å². The number of esters is 1. The first-order valence-corrected chi connectivity index (χ1v) is 9.80. The normalized spacial score (nSPS) is 15.9. The molecular formula is C23H27N3O5. The molecule has 0 bridgehead atoms. The van der Waals surface area contributed by atoms with Crippen LogP contribution in [0.2, 0.25) is 0 Å². The number of ether oxygens (including phenoxy) is 3. The van der Waals surface area contributed by atoms with Crippen molar-refractivity contribution in [1.29, 1.82) is 0 Å². The lowest BCUT2D eigenvalue weighted by molar-refractivity contribution is -0.136. The summed E-state index contributed by atoms with van der Waals surface area (Å²) in [5.41, 5.74) is 2.64. The van der Waals surface area contributed by atoms with E-state index in [0.717, 1.165) is 5.56 Å². The van der Waals surface area contributed by atoms with Gasteiger partial charge in [-0.05, 0) is 30.3 Å². The van der Waals surface area contributed by atoms with Gasteiger partial charge >= 0.3 is 12.0 Å². The van der Waals surface area contributed by atoms with E-state index >= 15 is 0 Å². The van der Waals surface area contributed by atoms with Crippen LogP contribution < -0.4 is 20.1 Å². The van der Waals surface area contributed by atoms with Crippen LogP contribution in [-0.4, -0.2) is 51.8 Å². The third-order valence-corrected chi connectivity index (χ3v) is 5.02. The fraction of sp³-hybridized carbons (Fsp3) is 0.304. The molecule has 2 amide bonds. The van der Waals surface area contributed by atoms with Crippen molar-refractivity contribution < 1.29 is 23.8 Å². The number of urea groups is 1. The van der Waals surface area contributed by atoms with Crippen molar-refractivity contribution in [2.75, 3.05) is 34.9 Å². The second-order valence-electron chi connectivity index (χ2n) is 7.19. The van der Waals surface area contributed by atoms with Crippen molar-refractivity contribution in [2.24, 2.45) is 0 Å². The van der Waals surface area contributed by atoms with E-state index in [2.05, 4.69) is 10.6 Å². The molecule has 164 valence electrons. The molecule has 31 heavy (non-hydrogen) atoms. The van der Waals surface area contributed by atoms with Crippen LogP contribution in [0.4, 0.5) is 4.79 Å². The van der Waals surface area contributed by atoms with Crippen molar-refractivity contribution in [3.8, 4) is 11.5 Å².